The lowest BCUT2D eigenvalue weighted by Gasteiger charge is -2.42. The molecule has 2 amide bonds. The lowest BCUT2D eigenvalue weighted by Crippen LogP contribution is -2.49. The van der Waals surface area contributed by atoms with Crippen LogP contribution < -0.4 is 4.90 Å². The number of methoxy groups -OCH3 is 1. The lowest BCUT2D eigenvalue weighted by molar-refractivity contribution is -0.121. The topological polar surface area (TPSA) is 49.9 Å². The van der Waals surface area contributed by atoms with Crippen molar-refractivity contribution in [2.45, 2.75) is 18.9 Å². The molecule has 7 heteroatoms. The number of rotatable bonds is 7. The number of carbonyl (C=O) groups excluding carboxylic acids is 2. The van der Waals surface area contributed by atoms with E-state index < -0.39 is 12.0 Å². The molecule has 0 aliphatic carbocycles. The van der Waals surface area contributed by atoms with Gasteiger partial charge in [-0.1, -0.05) is 24.3 Å². The highest BCUT2D eigenvalue weighted by Crippen LogP contribution is 2.45. The molecule has 0 N–H and O–H groups in total. The van der Waals surface area contributed by atoms with Crippen molar-refractivity contribution in [2.75, 3.05) is 31.7 Å². The highest BCUT2D eigenvalue weighted by molar-refractivity contribution is 7.10. The maximum atomic E-state index is 14.1. The molecule has 1 aliphatic rings. The summed E-state index contributed by atoms with van der Waals surface area (Å²) < 4.78 is 18.8. The average molecular weight is 453 g/mol. The van der Waals surface area contributed by atoms with E-state index in [1.807, 2.05) is 42.6 Å². The lowest BCUT2D eigenvalue weighted by atomic mass is 9.81. The van der Waals surface area contributed by atoms with Gasteiger partial charge in [-0.15, -0.1) is 11.3 Å². The zero-order chi connectivity index (χ0) is 22.7. The number of halogens is 1. The zero-order valence-corrected chi connectivity index (χ0v) is 18.8. The number of fused-ring (bicyclic) bond motifs is 1. The van der Waals surface area contributed by atoms with Crippen LogP contribution in [0.15, 0.2) is 66.0 Å². The number of hydrogen-bond acceptors (Lipinski definition) is 4. The molecule has 0 fully saturated rings. The van der Waals surface area contributed by atoms with E-state index in [0.717, 1.165) is 10.4 Å². The summed E-state index contributed by atoms with van der Waals surface area (Å²) in [5, 5.41) is 1.95. The maximum absolute atomic E-state index is 14.1. The fourth-order valence-corrected chi connectivity index (χ4v) is 5.20. The molecule has 1 aromatic heterocycles. The van der Waals surface area contributed by atoms with Crippen molar-refractivity contribution >= 4 is 28.8 Å². The number of carbonyl (C=O) groups is 2. The molecule has 0 radical (unpaired) electrons. The SMILES string of the molecule is CCN(C(=O)[C@H]1c2ccccc2C(=O)N(CCOC)[C@@H]1c1cccs1)c1ccc(F)cc1. The Hall–Kier alpha value is -3.03. The Kier molecular flexibility index (Phi) is 6.67. The summed E-state index contributed by atoms with van der Waals surface area (Å²) in [5.74, 6) is -1.18. The predicted octanol–water partition coefficient (Wildman–Crippen LogP) is 4.87. The van der Waals surface area contributed by atoms with Gasteiger partial charge >= 0.3 is 0 Å². The average Bonchev–Trinajstić information content (AvgIpc) is 3.34. The number of thiophene rings is 1. The second-order valence-electron chi connectivity index (χ2n) is 7.58. The van der Waals surface area contributed by atoms with Crippen LogP contribution in [0.25, 0.3) is 0 Å². The van der Waals surface area contributed by atoms with E-state index in [9.17, 15) is 14.0 Å². The first-order valence-electron chi connectivity index (χ1n) is 10.6. The van der Waals surface area contributed by atoms with Crippen LogP contribution in [0.3, 0.4) is 0 Å². The van der Waals surface area contributed by atoms with Crippen molar-refractivity contribution in [1.82, 2.24) is 4.90 Å². The molecular weight excluding hydrogens is 427 g/mol. The van der Waals surface area contributed by atoms with Gasteiger partial charge in [-0.3, -0.25) is 9.59 Å². The molecule has 2 aromatic carbocycles. The van der Waals surface area contributed by atoms with Crippen LogP contribution in [-0.2, 0) is 9.53 Å². The van der Waals surface area contributed by atoms with Crippen LogP contribution in [0.1, 0.15) is 39.7 Å². The first kappa shape index (κ1) is 22.2. The van der Waals surface area contributed by atoms with E-state index >= 15 is 0 Å². The molecule has 32 heavy (non-hydrogen) atoms. The van der Waals surface area contributed by atoms with E-state index in [1.54, 1.807) is 35.1 Å². The standard InChI is InChI=1S/C25H25FN2O3S/c1-3-27(18-12-10-17(26)11-13-18)25(30)22-19-7-4-5-8-20(19)24(29)28(14-15-31-2)23(22)21-9-6-16-32-21/h4-13,16,22-23H,3,14-15H2,1-2H3/t22-,23+/m0/s1. The number of ether oxygens (including phenoxy) is 1. The molecule has 0 unspecified atom stereocenters. The quantitative estimate of drug-likeness (QED) is 0.514. The van der Waals surface area contributed by atoms with E-state index in [1.165, 1.54) is 23.5 Å². The second kappa shape index (κ2) is 9.63. The first-order valence-corrected chi connectivity index (χ1v) is 11.4. The third-order valence-corrected chi connectivity index (χ3v) is 6.74. The van der Waals surface area contributed by atoms with Crippen molar-refractivity contribution in [3.05, 3.63) is 87.9 Å². The van der Waals surface area contributed by atoms with E-state index in [2.05, 4.69) is 0 Å². The molecule has 1 aliphatic heterocycles. The van der Waals surface area contributed by atoms with Crippen molar-refractivity contribution in [3.63, 3.8) is 0 Å². The largest absolute Gasteiger partial charge is 0.383 e. The summed E-state index contributed by atoms with van der Waals surface area (Å²) in [6, 6.07) is 16.7. The fraction of sp³-hybridized carbons (Fsp3) is 0.280. The summed E-state index contributed by atoms with van der Waals surface area (Å²) in [7, 11) is 1.60. The van der Waals surface area contributed by atoms with Crippen LogP contribution in [0, 0.1) is 5.82 Å². The Bertz CT molecular complexity index is 1080. The Balaban J connectivity index is 1.85. The van der Waals surface area contributed by atoms with Crippen molar-refractivity contribution in [3.8, 4) is 0 Å². The van der Waals surface area contributed by atoms with Crippen molar-refractivity contribution in [2.24, 2.45) is 0 Å². The van der Waals surface area contributed by atoms with Crippen LogP contribution >= 0.6 is 11.3 Å². The molecular formula is C25H25FN2O3S. The summed E-state index contributed by atoms with van der Waals surface area (Å²) in [6.45, 7) is 3.06. The monoisotopic (exact) mass is 452 g/mol. The molecule has 2 heterocycles. The minimum absolute atomic E-state index is 0.107. The number of likely N-dealkylation sites (N-methyl/N-ethyl adjacent to an activating group) is 1. The molecule has 166 valence electrons. The molecule has 2 atom stereocenters. The number of hydrogen-bond donors (Lipinski definition) is 0. The number of anilines is 1. The Morgan fingerprint density at radius 1 is 1.12 bits per heavy atom. The van der Waals surface area contributed by atoms with Gasteiger partial charge in [-0.25, -0.2) is 4.39 Å². The van der Waals surface area contributed by atoms with E-state index in [-0.39, 0.29) is 17.6 Å². The molecule has 0 saturated carbocycles. The van der Waals surface area contributed by atoms with Gasteiger partial charge in [0.25, 0.3) is 5.91 Å². The van der Waals surface area contributed by atoms with Crippen LogP contribution in [0.5, 0.6) is 0 Å². The van der Waals surface area contributed by atoms with Crippen LogP contribution in [0.2, 0.25) is 0 Å². The Labute approximate surface area is 191 Å². The fourth-order valence-electron chi connectivity index (χ4n) is 4.32. The van der Waals surface area contributed by atoms with Gasteiger partial charge in [0.15, 0.2) is 0 Å². The van der Waals surface area contributed by atoms with Gasteiger partial charge in [0.1, 0.15) is 5.82 Å². The van der Waals surface area contributed by atoms with Gasteiger partial charge in [0, 0.05) is 36.3 Å². The highest BCUT2D eigenvalue weighted by Gasteiger charge is 2.45. The molecule has 0 spiro atoms. The zero-order valence-electron chi connectivity index (χ0n) is 18.0. The Morgan fingerprint density at radius 2 is 1.88 bits per heavy atom. The van der Waals surface area contributed by atoms with Gasteiger partial charge in [0.05, 0.1) is 18.6 Å². The summed E-state index contributed by atoms with van der Waals surface area (Å²) >= 11 is 1.53. The van der Waals surface area contributed by atoms with Crippen LogP contribution in [0.4, 0.5) is 10.1 Å². The minimum Gasteiger partial charge on any atom is -0.383 e. The summed E-state index contributed by atoms with van der Waals surface area (Å²) in [5.41, 5.74) is 1.88. The molecule has 5 nitrogen and oxygen atoms in total. The van der Waals surface area contributed by atoms with Gasteiger partial charge in [0.2, 0.25) is 5.91 Å². The smallest absolute Gasteiger partial charge is 0.254 e. The van der Waals surface area contributed by atoms with Gasteiger partial charge in [-0.05, 0) is 54.3 Å². The molecule has 0 bridgehead atoms. The van der Waals surface area contributed by atoms with E-state index in [4.69, 9.17) is 4.74 Å². The van der Waals surface area contributed by atoms with Crippen molar-refractivity contribution in [1.29, 1.82) is 0 Å². The number of nitrogens with zero attached hydrogens (tertiary/aromatic N) is 2. The maximum Gasteiger partial charge on any atom is 0.254 e. The van der Waals surface area contributed by atoms with Gasteiger partial charge in [-0.2, -0.15) is 0 Å². The summed E-state index contributed by atoms with van der Waals surface area (Å²) in [6.07, 6.45) is 0. The number of amides is 2. The van der Waals surface area contributed by atoms with Crippen molar-refractivity contribution < 1.29 is 18.7 Å². The highest BCUT2D eigenvalue weighted by atomic mass is 32.1. The molecule has 4 rings (SSSR count). The first-order chi connectivity index (χ1) is 15.6. The Morgan fingerprint density at radius 3 is 2.53 bits per heavy atom. The number of benzene rings is 2. The van der Waals surface area contributed by atoms with Crippen LogP contribution in [-0.4, -0.2) is 43.5 Å². The molecule has 0 saturated heterocycles. The summed E-state index contributed by atoms with van der Waals surface area (Å²) in [4.78, 5) is 31.9. The predicted molar refractivity (Wildman–Crippen MR) is 124 cm³/mol. The molecule has 3 aromatic rings. The minimum atomic E-state index is -0.593. The van der Waals surface area contributed by atoms with E-state index in [0.29, 0.717) is 30.9 Å². The normalized spacial score (nSPS) is 17.8. The third-order valence-electron chi connectivity index (χ3n) is 5.80. The third kappa shape index (κ3) is 4.06. The second-order valence-corrected chi connectivity index (χ2v) is 8.55. The van der Waals surface area contributed by atoms with Gasteiger partial charge < -0.3 is 14.5 Å².